The molecule has 24 heavy (non-hydrogen) atoms. The van der Waals surface area contributed by atoms with Crippen LogP contribution in [0.4, 0.5) is 5.69 Å². The molecule has 1 amide bonds. The summed E-state index contributed by atoms with van der Waals surface area (Å²) in [7, 11) is 0. The average molecular weight is 317 g/mol. The molecule has 3 aromatic heterocycles. The van der Waals surface area contributed by atoms with Gasteiger partial charge in [-0.25, -0.2) is 4.98 Å². The van der Waals surface area contributed by atoms with Crippen LogP contribution >= 0.6 is 0 Å². The molecule has 0 atom stereocenters. The van der Waals surface area contributed by atoms with E-state index < -0.39 is 0 Å². The summed E-state index contributed by atoms with van der Waals surface area (Å²) in [6.07, 6.45) is 7.10. The predicted octanol–water partition coefficient (Wildman–Crippen LogP) is 3.29. The first-order valence-electron chi connectivity index (χ1n) is 7.55. The van der Waals surface area contributed by atoms with Crippen molar-refractivity contribution < 1.29 is 4.79 Å². The highest BCUT2D eigenvalue weighted by molar-refractivity contribution is 6.07. The molecule has 0 aliphatic heterocycles. The van der Waals surface area contributed by atoms with Gasteiger partial charge in [-0.05, 0) is 24.6 Å². The number of fused-ring (bicyclic) bond motifs is 1. The highest BCUT2D eigenvalue weighted by Crippen LogP contribution is 2.24. The molecule has 4 aromatic rings. The van der Waals surface area contributed by atoms with E-state index in [-0.39, 0.29) is 5.91 Å². The lowest BCUT2D eigenvalue weighted by atomic mass is 10.1. The highest BCUT2D eigenvalue weighted by atomic mass is 16.1. The summed E-state index contributed by atoms with van der Waals surface area (Å²) in [5.74, 6) is -0.220. The van der Waals surface area contributed by atoms with Crippen LogP contribution in [0.3, 0.4) is 0 Å². The van der Waals surface area contributed by atoms with Crippen molar-refractivity contribution in [3.8, 4) is 11.1 Å². The first-order chi connectivity index (χ1) is 11.7. The summed E-state index contributed by atoms with van der Waals surface area (Å²) < 4.78 is 1.91. The Bertz CT molecular complexity index is 1030. The van der Waals surface area contributed by atoms with Gasteiger partial charge in [0.05, 0.1) is 24.2 Å². The summed E-state index contributed by atoms with van der Waals surface area (Å²) in [5, 5.41) is 9.76. The van der Waals surface area contributed by atoms with E-state index >= 15 is 0 Å². The molecule has 118 valence electrons. The molecule has 6 nitrogen and oxygen atoms in total. The van der Waals surface area contributed by atoms with Crippen molar-refractivity contribution in [1.29, 1.82) is 0 Å². The standard InChI is InChI=1S/C18H15N5O/c1-12-4-2-3-5-16(12)21-18(24)17-15(9-20-22-17)13-6-7-14-8-19-11-23(14)10-13/h2-11H,1H3,(H,20,22)(H,21,24). The summed E-state index contributed by atoms with van der Waals surface area (Å²) in [6.45, 7) is 1.95. The summed E-state index contributed by atoms with van der Waals surface area (Å²) in [5.41, 5.74) is 4.85. The molecule has 0 saturated heterocycles. The smallest absolute Gasteiger partial charge is 0.274 e. The van der Waals surface area contributed by atoms with E-state index in [0.29, 0.717) is 5.69 Å². The number of amides is 1. The van der Waals surface area contributed by atoms with Crippen molar-refractivity contribution in [2.45, 2.75) is 6.92 Å². The number of carbonyl (C=O) groups is 1. The Morgan fingerprint density at radius 2 is 2.04 bits per heavy atom. The molecule has 1 aromatic carbocycles. The summed E-state index contributed by atoms with van der Waals surface area (Å²) in [4.78, 5) is 16.7. The Kier molecular flexibility index (Phi) is 3.35. The number of benzene rings is 1. The molecule has 0 unspecified atom stereocenters. The molecule has 0 aliphatic carbocycles. The van der Waals surface area contributed by atoms with Gasteiger partial charge >= 0.3 is 0 Å². The molecular weight excluding hydrogens is 302 g/mol. The van der Waals surface area contributed by atoms with Crippen molar-refractivity contribution in [3.05, 3.63) is 72.6 Å². The monoisotopic (exact) mass is 317 g/mol. The molecule has 0 saturated carbocycles. The van der Waals surface area contributed by atoms with Crippen molar-refractivity contribution in [2.75, 3.05) is 5.32 Å². The van der Waals surface area contributed by atoms with E-state index in [1.54, 1.807) is 18.7 Å². The highest BCUT2D eigenvalue weighted by Gasteiger charge is 2.16. The molecule has 0 radical (unpaired) electrons. The number of para-hydroxylation sites is 1. The van der Waals surface area contributed by atoms with E-state index in [1.807, 2.05) is 53.9 Å². The van der Waals surface area contributed by atoms with Crippen LogP contribution in [0.15, 0.2) is 61.3 Å². The molecule has 3 heterocycles. The summed E-state index contributed by atoms with van der Waals surface area (Å²) in [6, 6.07) is 11.6. The van der Waals surface area contributed by atoms with E-state index in [4.69, 9.17) is 0 Å². The molecule has 0 bridgehead atoms. The van der Waals surface area contributed by atoms with E-state index in [2.05, 4.69) is 20.5 Å². The topological polar surface area (TPSA) is 75.1 Å². The molecular formula is C18H15N5O. The lowest BCUT2D eigenvalue weighted by Crippen LogP contribution is -2.14. The van der Waals surface area contributed by atoms with Crippen molar-refractivity contribution >= 4 is 17.1 Å². The second-order valence-corrected chi connectivity index (χ2v) is 5.57. The number of hydrogen-bond acceptors (Lipinski definition) is 3. The lowest BCUT2D eigenvalue weighted by molar-refractivity contribution is 0.102. The van der Waals surface area contributed by atoms with Crippen LogP contribution in [0.5, 0.6) is 0 Å². The van der Waals surface area contributed by atoms with Gasteiger partial charge in [-0.3, -0.25) is 9.89 Å². The van der Waals surface area contributed by atoms with Gasteiger partial charge in [0.1, 0.15) is 5.69 Å². The van der Waals surface area contributed by atoms with Crippen LogP contribution in [-0.2, 0) is 0 Å². The Labute approximate surface area is 138 Å². The number of hydrogen-bond donors (Lipinski definition) is 2. The average Bonchev–Trinajstić information content (AvgIpc) is 3.25. The minimum Gasteiger partial charge on any atom is -0.320 e. The maximum Gasteiger partial charge on any atom is 0.274 e. The minimum atomic E-state index is -0.220. The zero-order valence-corrected chi connectivity index (χ0v) is 13.0. The Balaban J connectivity index is 1.69. The van der Waals surface area contributed by atoms with Gasteiger partial charge in [0.2, 0.25) is 0 Å². The Morgan fingerprint density at radius 1 is 1.17 bits per heavy atom. The second kappa shape index (κ2) is 5.66. The number of carbonyl (C=O) groups excluding carboxylic acids is 1. The van der Waals surface area contributed by atoms with Gasteiger partial charge < -0.3 is 9.72 Å². The number of aromatic nitrogens is 4. The quantitative estimate of drug-likeness (QED) is 0.609. The normalized spacial score (nSPS) is 10.9. The van der Waals surface area contributed by atoms with Crippen LogP contribution in [0.25, 0.3) is 16.6 Å². The first kappa shape index (κ1) is 14.2. The van der Waals surface area contributed by atoms with E-state index in [9.17, 15) is 4.79 Å². The van der Waals surface area contributed by atoms with Gasteiger partial charge in [-0.1, -0.05) is 24.3 Å². The third-order valence-electron chi connectivity index (χ3n) is 3.98. The van der Waals surface area contributed by atoms with Gasteiger partial charge in [-0.15, -0.1) is 0 Å². The maximum atomic E-state index is 12.6. The van der Waals surface area contributed by atoms with Gasteiger partial charge in [0.15, 0.2) is 0 Å². The number of nitrogens with one attached hydrogen (secondary N) is 2. The molecule has 4 rings (SSSR count). The fraction of sp³-hybridized carbons (Fsp3) is 0.0556. The number of pyridine rings is 1. The number of imidazole rings is 1. The number of H-pyrrole nitrogens is 1. The van der Waals surface area contributed by atoms with Crippen LogP contribution in [0.2, 0.25) is 0 Å². The Morgan fingerprint density at radius 3 is 2.92 bits per heavy atom. The molecule has 2 N–H and O–H groups in total. The molecule has 0 spiro atoms. The largest absolute Gasteiger partial charge is 0.320 e. The van der Waals surface area contributed by atoms with Crippen LogP contribution in [-0.4, -0.2) is 25.5 Å². The minimum absolute atomic E-state index is 0.220. The SMILES string of the molecule is Cc1ccccc1NC(=O)c1[nH]ncc1-c1ccc2cncn2c1. The zero-order valence-electron chi connectivity index (χ0n) is 13.0. The molecule has 0 aliphatic rings. The first-order valence-corrected chi connectivity index (χ1v) is 7.55. The van der Waals surface area contributed by atoms with Crippen LogP contribution in [0.1, 0.15) is 16.1 Å². The Hall–Kier alpha value is -3.41. The van der Waals surface area contributed by atoms with Crippen molar-refractivity contribution in [3.63, 3.8) is 0 Å². The number of aryl methyl sites for hydroxylation is 1. The van der Waals surface area contributed by atoms with Crippen LogP contribution in [0, 0.1) is 6.92 Å². The summed E-state index contributed by atoms with van der Waals surface area (Å²) >= 11 is 0. The third kappa shape index (κ3) is 2.44. The van der Waals surface area contributed by atoms with E-state index in [1.165, 1.54) is 0 Å². The number of aromatic amines is 1. The van der Waals surface area contributed by atoms with Gasteiger partial charge in [-0.2, -0.15) is 5.10 Å². The van der Waals surface area contributed by atoms with Crippen molar-refractivity contribution in [1.82, 2.24) is 19.6 Å². The van der Waals surface area contributed by atoms with Crippen LogP contribution < -0.4 is 5.32 Å². The van der Waals surface area contributed by atoms with Crippen molar-refractivity contribution in [2.24, 2.45) is 0 Å². The third-order valence-corrected chi connectivity index (χ3v) is 3.98. The number of nitrogens with zero attached hydrogens (tertiary/aromatic N) is 3. The number of rotatable bonds is 3. The number of anilines is 1. The zero-order chi connectivity index (χ0) is 16.5. The fourth-order valence-corrected chi connectivity index (χ4v) is 2.66. The maximum absolute atomic E-state index is 12.6. The van der Waals surface area contributed by atoms with Gasteiger partial charge in [0.25, 0.3) is 5.91 Å². The van der Waals surface area contributed by atoms with E-state index in [0.717, 1.165) is 27.9 Å². The molecule has 6 heteroatoms. The second-order valence-electron chi connectivity index (χ2n) is 5.57. The fourth-order valence-electron chi connectivity index (χ4n) is 2.66. The van der Waals surface area contributed by atoms with Gasteiger partial charge in [0, 0.05) is 23.0 Å². The lowest BCUT2D eigenvalue weighted by Gasteiger charge is -2.08. The predicted molar refractivity (Wildman–Crippen MR) is 91.9 cm³/mol. The molecule has 0 fully saturated rings.